The summed E-state index contributed by atoms with van der Waals surface area (Å²) in [4.78, 5) is 19.3. The molecule has 0 unspecified atom stereocenters. The fourth-order valence-corrected chi connectivity index (χ4v) is 2.15. The second kappa shape index (κ2) is 4.68. The second-order valence-electron chi connectivity index (χ2n) is 4.44. The zero-order chi connectivity index (χ0) is 15.1. The third-order valence-corrected chi connectivity index (χ3v) is 3.23. The van der Waals surface area contributed by atoms with Crippen molar-refractivity contribution in [3.8, 4) is 17.2 Å². The van der Waals surface area contributed by atoms with E-state index in [0.717, 1.165) is 12.1 Å². The summed E-state index contributed by atoms with van der Waals surface area (Å²) >= 11 is 5.78. The molecule has 0 fully saturated rings. The SMILES string of the molecule is O=C(c1cc(O)c(O)c(O)c1)c1cc2nc(Cl)ccc2[nH]1. The van der Waals surface area contributed by atoms with Crippen LogP contribution in [-0.4, -0.2) is 31.1 Å². The molecule has 0 aliphatic rings. The van der Waals surface area contributed by atoms with E-state index >= 15 is 0 Å². The average molecular weight is 305 g/mol. The molecule has 106 valence electrons. The molecule has 0 bridgehead atoms. The molecule has 7 heteroatoms. The van der Waals surface area contributed by atoms with Gasteiger partial charge in [-0.25, -0.2) is 4.98 Å². The van der Waals surface area contributed by atoms with Gasteiger partial charge in [0, 0.05) is 5.56 Å². The van der Waals surface area contributed by atoms with Crippen LogP contribution in [0.3, 0.4) is 0 Å². The normalized spacial score (nSPS) is 10.9. The van der Waals surface area contributed by atoms with Crippen molar-refractivity contribution in [1.82, 2.24) is 9.97 Å². The number of nitrogens with zero attached hydrogens (tertiary/aromatic N) is 1. The predicted molar refractivity (Wildman–Crippen MR) is 76.0 cm³/mol. The highest BCUT2D eigenvalue weighted by Gasteiger charge is 2.17. The number of H-pyrrole nitrogens is 1. The number of carbonyl (C=O) groups is 1. The van der Waals surface area contributed by atoms with Crippen LogP contribution in [0.25, 0.3) is 11.0 Å². The molecule has 3 rings (SSSR count). The number of aromatic amines is 1. The summed E-state index contributed by atoms with van der Waals surface area (Å²) in [6, 6.07) is 6.94. The van der Waals surface area contributed by atoms with Crippen molar-refractivity contribution in [3.05, 3.63) is 46.7 Å². The third kappa shape index (κ3) is 2.25. The Labute approximate surface area is 123 Å². The minimum Gasteiger partial charge on any atom is -0.504 e. The number of pyridine rings is 1. The quantitative estimate of drug-likeness (QED) is 0.331. The van der Waals surface area contributed by atoms with Gasteiger partial charge in [0.05, 0.1) is 16.7 Å². The van der Waals surface area contributed by atoms with Crippen LogP contribution >= 0.6 is 11.6 Å². The minimum absolute atomic E-state index is 0.0282. The number of phenols is 3. The van der Waals surface area contributed by atoms with Crippen LogP contribution in [0.5, 0.6) is 17.2 Å². The monoisotopic (exact) mass is 304 g/mol. The van der Waals surface area contributed by atoms with Gasteiger partial charge in [0.2, 0.25) is 5.78 Å². The molecule has 0 radical (unpaired) electrons. The Morgan fingerprint density at radius 2 is 1.76 bits per heavy atom. The smallest absolute Gasteiger partial charge is 0.209 e. The molecule has 3 aromatic rings. The first-order chi connectivity index (χ1) is 9.95. The number of hydrogen-bond donors (Lipinski definition) is 4. The number of hydrogen-bond acceptors (Lipinski definition) is 5. The van der Waals surface area contributed by atoms with E-state index < -0.39 is 23.0 Å². The van der Waals surface area contributed by atoms with Gasteiger partial charge in [-0.15, -0.1) is 0 Å². The minimum atomic E-state index is -0.670. The fourth-order valence-electron chi connectivity index (χ4n) is 2.00. The summed E-state index contributed by atoms with van der Waals surface area (Å²) < 4.78 is 0. The number of halogens is 1. The molecule has 0 aliphatic heterocycles. The fraction of sp³-hybridized carbons (Fsp3) is 0. The number of phenolic OH excluding ortho intramolecular Hbond substituents is 3. The zero-order valence-electron chi connectivity index (χ0n) is 10.5. The lowest BCUT2D eigenvalue weighted by atomic mass is 10.1. The van der Waals surface area contributed by atoms with Gasteiger partial charge in [-0.1, -0.05) is 11.6 Å². The van der Waals surface area contributed by atoms with E-state index in [4.69, 9.17) is 11.6 Å². The van der Waals surface area contributed by atoms with E-state index in [0.29, 0.717) is 16.2 Å². The van der Waals surface area contributed by atoms with E-state index in [1.165, 1.54) is 6.07 Å². The summed E-state index contributed by atoms with van der Waals surface area (Å²) in [6.07, 6.45) is 0. The van der Waals surface area contributed by atoms with Gasteiger partial charge >= 0.3 is 0 Å². The Kier molecular flexibility index (Phi) is 2.95. The highest BCUT2D eigenvalue weighted by Crippen LogP contribution is 2.36. The first kappa shape index (κ1) is 13.3. The van der Waals surface area contributed by atoms with Crippen LogP contribution in [0, 0.1) is 0 Å². The Bertz CT molecular complexity index is 850. The molecule has 0 atom stereocenters. The van der Waals surface area contributed by atoms with Crippen molar-refractivity contribution in [3.63, 3.8) is 0 Å². The number of aromatic nitrogens is 2. The number of aromatic hydroxyl groups is 3. The van der Waals surface area contributed by atoms with Crippen molar-refractivity contribution in [2.45, 2.75) is 0 Å². The summed E-state index contributed by atoms with van der Waals surface area (Å²) in [5.41, 5.74) is 1.41. The summed E-state index contributed by atoms with van der Waals surface area (Å²) in [5.74, 6) is -2.28. The molecule has 0 spiro atoms. The maximum absolute atomic E-state index is 12.3. The summed E-state index contributed by atoms with van der Waals surface area (Å²) in [7, 11) is 0. The lowest BCUT2D eigenvalue weighted by Gasteiger charge is -2.04. The molecule has 2 aromatic heterocycles. The Morgan fingerprint density at radius 3 is 2.43 bits per heavy atom. The molecule has 4 N–H and O–H groups in total. The first-order valence-electron chi connectivity index (χ1n) is 5.90. The van der Waals surface area contributed by atoms with E-state index in [1.807, 2.05) is 0 Å². The van der Waals surface area contributed by atoms with Gasteiger partial charge in [0.1, 0.15) is 5.15 Å². The number of benzene rings is 1. The molecular weight excluding hydrogens is 296 g/mol. The van der Waals surface area contributed by atoms with E-state index in [2.05, 4.69) is 9.97 Å². The number of nitrogens with one attached hydrogen (secondary N) is 1. The van der Waals surface area contributed by atoms with Crippen molar-refractivity contribution in [2.24, 2.45) is 0 Å². The van der Waals surface area contributed by atoms with E-state index in [-0.39, 0.29) is 11.3 Å². The Morgan fingerprint density at radius 1 is 1.10 bits per heavy atom. The van der Waals surface area contributed by atoms with Gasteiger partial charge in [-0.05, 0) is 30.3 Å². The van der Waals surface area contributed by atoms with Crippen LogP contribution < -0.4 is 0 Å². The van der Waals surface area contributed by atoms with Gasteiger partial charge in [0.25, 0.3) is 0 Å². The number of ketones is 1. The topological polar surface area (TPSA) is 106 Å². The first-order valence-corrected chi connectivity index (χ1v) is 6.28. The number of carbonyl (C=O) groups excluding carboxylic acids is 1. The predicted octanol–water partition coefficient (Wildman–Crippen LogP) is 2.56. The highest BCUT2D eigenvalue weighted by molar-refractivity contribution is 6.29. The van der Waals surface area contributed by atoms with Gasteiger partial charge in [-0.3, -0.25) is 4.79 Å². The van der Waals surface area contributed by atoms with Crippen LogP contribution in [0.1, 0.15) is 16.1 Å². The van der Waals surface area contributed by atoms with Crippen molar-refractivity contribution in [2.75, 3.05) is 0 Å². The molecular formula is C14H9ClN2O4. The average Bonchev–Trinajstić information content (AvgIpc) is 2.86. The van der Waals surface area contributed by atoms with Gasteiger partial charge < -0.3 is 20.3 Å². The molecule has 1 aromatic carbocycles. The van der Waals surface area contributed by atoms with E-state index in [1.54, 1.807) is 12.1 Å². The Balaban J connectivity index is 2.08. The maximum Gasteiger partial charge on any atom is 0.209 e. The molecule has 21 heavy (non-hydrogen) atoms. The zero-order valence-corrected chi connectivity index (χ0v) is 11.2. The van der Waals surface area contributed by atoms with Crippen LogP contribution in [0.15, 0.2) is 30.3 Å². The Hall–Kier alpha value is -2.73. The molecule has 0 saturated carbocycles. The lowest BCUT2D eigenvalue weighted by Crippen LogP contribution is -2.01. The van der Waals surface area contributed by atoms with Crippen LogP contribution in [0.2, 0.25) is 5.15 Å². The molecule has 0 saturated heterocycles. The van der Waals surface area contributed by atoms with Crippen LogP contribution in [-0.2, 0) is 0 Å². The van der Waals surface area contributed by atoms with Crippen molar-refractivity contribution in [1.29, 1.82) is 0 Å². The summed E-state index contributed by atoms with van der Waals surface area (Å²) in [6.45, 7) is 0. The standard InChI is InChI=1S/C14H9ClN2O4/c15-12-2-1-7-8(17-12)5-9(16-7)13(20)6-3-10(18)14(21)11(19)4-6/h1-5,16,18-19,21H. The van der Waals surface area contributed by atoms with Crippen LogP contribution in [0.4, 0.5) is 0 Å². The number of fused-ring (bicyclic) bond motifs is 1. The largest absolute Gasteiger partial charge is 0.504 e. The van der Waals surface area contributed by atoms with E-state index in [9.17, 15) is 20.1 Å². The number of rotatable bonds is 2. The second-order valence-corrected chi connectivity index (χ2v) is 4.83. The van der Waals surface area contributed by atoms with Crippen molar-refractivity contribution < 1.29 is 20.1 Å². The lowest BCUT2D eigenvalue weighted by molar-refractivity contribution is 0.103. The summed E-state index contributed by atoms with van der Waals surface area (Å²) in [5, 5.41) is 28.5. The van der Waals surface area contributed by atoms with Gasteiger partial charge in [0.15, 0.2) is 17.2 Å². The molecule has 0 amide bonds. The van der Waals surface area contributed by atoms with Crippen molar-refractivity contribution >= 4 is 28.4 Å². The molecule has 6 nitrogen and oxygen atoms in total. The molecule has 2 heterocycles. The third-order valence-electron chi connectivity index (χ3n) is 3.02. The highest BCUT2D eigenvalue weighted by atomic mass is 35.5. The molecule has 0 aliphatic carbocycles. The van der Waals surface area contributed by atoms with Gasteiger partial charge in [-0.2, -0.15) is 0 Å². The maximum atomic E-state index is 12.3.